The molecule has 0 spiro atoms. The number of para-hydroxylation sites is 1. The van der Waals surface area contributed by atoms with E-state index in [9.17, 15) is 4.79 Å². The fourth-order valence-corrected chi connectivity index (χ4v) is 1.86. The molecule has 2 aromatic rings. The van der Waals surface area contributed by atoms with E-state index < -0.39 is 0 Å². The van der Waals surface area contributed by atoms with Crippen LogP contribution in [0.15, 0.2) is 30.5 Å². The predicted octanol–water partition coefficient (Wildman–Crippen LogP) is 1.42. The zero-order valence-corrected chi connectivity index (χ0v) is 11.4. The zero-order chi connectivity index (χ0) is 13.8. The summed E-state index contributed by atoms with van der Waals surface area (Å²) in [5.74, 6) is -0.325. The Morgan fingerprint density at radius 1 is 1.32 bits per heavy atom. The van der Waals surface area contributed by atoms with Crippen LogP contribution in [-0.4, -0.2) is 50.0 Å². The van der Waals surface area contributed by atoms with E-state index >= 15 is 0 Å². The van der Waals surface area contributed by atoms with Crippen molar-refractivity contribution in [2.75, 3.05) is 34.4 Å². The lowest BCUT2D eigenvalue weighted by atomic mass is 10.2. The molecular weight excluding hydrogens is 244 g/mol. The Morgan fingerprint density at radius 2 is 2.05 bits per heavy atom. The quantitative estimate of drug-likeness (QED) is 0.764. The summed E-state index contributed by atoms with van der Waals surface area (Å²) in [6, 6.07) is 7.57. The molecule has 0 saturated heterocycles. The van der Waals surface area contributed by atoms with Crippen LogP contribution >= 0.6 is 0 Å². The number of esters is 1. The van der Waals surface area contributed by atoms with Crippen molar-refractivity contribution in [1.82, 2.24) is 9.63 Å². The molecule has 0 atom stereocenters. The lowest BCUT2D eigenvalue weighted by Gasteiger charge is -2.09. The third kappa shape index (κ3) is 2.88. The third-order valence-electron chi connectivity index (χ3n) is 2.87. The van der Waals surface area contributed by atoms with Crippen molar-refractivity contribution in [3.05, 3.63) is 36.0 Å². The number of hydrogen-bond acceptors (Lipinski definition) is 4. The largest absolute Gasteiger partial charge is 0.461 e. The SMILES string of the molecule is COn1cc(C(=O)OCCN(C)C)c2ccccc21. The summed E-state index contributed by atoms with van der Waals surface area (Å²) in [4.78, 5) is 19.2. The molecule has 1 aromatic carbocycles. The van der Waals surface area contributed by atoms with Gasteiger partial charge in [0, 0.05) is 11.9 Å². The number of aromatic nitrogens is 1. The van der Waals surface area contributed by atoms with Gasteiger partial charge >= 0.3 is 5.97 Å². The van der Waals surface area contributed by atoms with E-state index in [4.69, 9.17) is 9.57 Å². The third-order valence-corrected chi connectivity index (χ3v) is 2.87. The molecule has 0 radical (unpaired) electrons. The lowest BCUT2D eigenvalue weighted by molar-refractivity contribution is 0.0482. The number of hydrogen-bond donors (Lipinski definition) is 0. The maximum Gasteiger partial charge on any atom is 0.340 e. The first-order valence-electron chi connectivity index (χ1n) is 6.10. The van der Waals surface area contributed by atoms with E-state index in [1.807, 2.05) is 43.3 Å². The average molecular weight is 262 g/mol. The van der Waals surface area contributed by atoms with Gasteiger partial charge in [0.25, 0.3) is 0 Å². The van der Waals surface area contributed by atoms with Gasteiger partial charge in [-0.2, -0.15) is 4.73 Å². The molecule has 1 aromatic heterocycles. The summed E-state index contributed by atoms with van der Waals surface area (Å²) in [5, 5.41) is 0.833. The van der Waals surface area contributed by atoms with Crippen molar-refractivity contribution in [3.8, 4) is 0 Å². The Labute approximate surface area is 112 Å². The minimum absolute atomic E-state index is 0.325. The van der Waals surface area contributed by atoms with Gasteiger partial charge in [0.2, 0.25) is 0 Å². The van der Waals surface area contributed by atoms with Crippen molar-refractivity contribution in [1.29, 1.82) is 0 Å². The van der Waals surface area contributed by atoms with Crippen LogP contribution in [0.4, 0.5) is 0 Å². The number of carbonyl (C=O) groups is 1. The molecule has 19 heavy (non-hydrogen) atoms. The van der Waals surface area contributed by atoms with E-state index in [1.165, 1.54) is 0 Å². The molecule has 102 valence electrons. The van der Waals surface area contributed by atoms with Crippen LogP contribution in [0.1, 0.15) is 10.4 Å². The Morgan fingerprint density at radius 3 is 2.74 bits per heavy atom. The molecular formula is C14H18N2O3. The summed E-state index contributed by atoms with van der Waals surface area (Å²) >= 11 is 0. The summed E-state index contributed by atoms with van der Waals surface area (Å²) < 4.78 is 6.82. The maximum atomic E-state index is 12.1. The van der Waals surface area contributed by atoms with Crippen LogP contribution in [-0.2, 0) is 4.74 Å². The number of likely N-dealkylation sites (N-methyl/N-ethyl adjacent to an activating group) is 1. The number of fused-ring (bicyclic) bond motifs is 1. The second-order valence-corrected chi connectivity index (χ2v) is 4.51. The number of nitrogens with zero attached hydrogens (tertiary/aromatic N) is 2. The van der Waals surface area contributed by atoms with Crippen LogP contribution in [0.5, 0.6) is 0 Å². The average Bonchev–Trinajstić information content (AvgIpc) is 2.77. The van der Waals surface area contributed by atoms with Crippen molar-refractivity contribution in [2.24, 2.45) is 0 Å². The Bertz CT molecular complexity index is 575. The second-order valence-electron chi connectivity index (χ2n) is 4.51. The van der Waals surface area contributed by atoms with Gasteiger partial charge in [-0.3, -0.25) is 0 Å². The van der Waals surface area contributed by atoms with Crippen LogP contribution < -0.4 is 4.84 Å². The van der Waals surface area contributed by atoms with Crippen LogP contribution in [0, 0.1) is 0 Å². The molecule has 1 heterocycles. The number of carbonyl (C=O) groups excluding carboxylic acids is 1. The molecule has 0 bridgehead atoms. The van der Waals surface area contributed by atoms with Gasteiger partial charge in [-0.1, -0.05) is 18.2 Å². The molecule has 0 fully saturated rings. The van der Waals surface area contributed by atoms with Crippen molar-refractivity contribution >= 4 is 16.9 Å². The fourth-order valence-electron chi connectivity index (χ4n) is 1.86. The van der Waals surface area contributed by atoms with Gasteiger partial charge in [0.1, 0.15) is 13.7 Å². The predicted molar refractivity (Wildman–Crippen MR) is 73.3 cm³/mol. The summed E-state index contributed by atoms with van der Waals surface area (Å²) in [5.41, 5.74) is 1.38. The molecule has 0 amide bonds. The van der Waals surface area contributed by atoms with Gasteiger partial charge in [-0.15, -0.1) is 0 Å². The molecule has 5 nitrogen and oxygen atoms in total. The van der Waals surface area contributed by atoms with E-state index in [-0.39, 0.29) is 5.97 Å². The molecule has 0 unspecified atom stereocenters. The molecule has 0 N–H and O–H groups in total. The smallest absolute Gasteiger partial charge is 0.340 e. The van der Waals surface area contributed by atoms with E-state index in [2.05, 4.69) is 0 Å². The van der Waals surface area contributed by atoms with Crippen molar-refractivity contribution < 1.29 is 14.4 Å². The van der Waals surface area contributed by atoms with Crippen molar-refractivity contribution in [2.45, 2.75) is 0 Å². The zero-order valence-electron chi connectivity index (χ0n) is 11.4. The monoisotopic (exact) mass is 262 g/mol. The van der Waals surface area contributed by atoms with Gasteiger partial charge in [-0.05, 0) is 20.2 Å². The highest BCUT2D eigenvalue weighted by molar-refractivity contribution is 6.04. The molecule has 0 aliphatic rings. The van der Waals surface area contributed by atoms with Crippen LogP contribution in [0.3, 0.4) is 0 Å². The van der Waals surface area contributed by atoms with E-state index in [1.54, 1.807) is 18.0 Å². The van der Waals surface area contributed by atoms with Crippen molar-refractivity contribution in [3.63, 3.8) is 0 Å². The Kier molecular flexibility index (Phi) is 4.06. The second kappa shape index (κ2) is 5.75. The minimum atomic E-state index is -0.325. The van der Waals surface area contributed by atoms with Gasteiger partial charge in [-0.25, -0.2) is 4.79 Å². The summed E-state index contributed by atoms with van der Waals surface area (Å²) in [6.07, 6.45) is 1.66. The molecule has 2 rings (SSSR count). The first-order valence-corrected chi connectivity index (χ1v) is 6.10. The molecule has 5 heteroatoms. The molecule has 0 aliphatic heterocycles. The summed E-state index contributed by atoms with van der Waals surface area (Å²) in [7, 11) is 5.43. The lowest BCUT2D eigenvalue weighted by Crippen LogP contribution is -2.20. The van der Waals surface area contributed by atoms with Gasteiger partial charge in [0.05, 0.1) is 17.3 Å². The number of rotatable bonds is 5. The Hall–Kier alpha value is -2.01. The minimum Gasteiger partial charge on any atom is -0.461 e. The highest BCUT2D eigenvalue weighted by Crippen LogP contribution is 2.21. The van der Waals surface area contributed by atoms with Gasteiger partial charge in [0.15, 0.2) is 0 Å². The topological polar surface area (TPSA) is 43.7 Å². The van der Waals surface area contributed by atoms with E-state index in [0.717, 1.165) is 10.9 Å². The van der Waals surface area contributed by atoms with Crippen LogP contribution in [0.25, 0.3) is 10.9 Å². The molecule has 0 saturated carbocycles. The fraction of sp³-hybridized carbons (Fsp3) is 0.357. The van der Waals surface area contributed by atoms with Gasteiger partial charge < -0.3 is 14.5 Å². The number of ether oxygens (including phenoxy) is 1. The highest BCUT2D eigenvalue weighted by Gasteiger charge is 2.16. The summed E-state index contributed by atoms with van der Waals surface area (Å²) in [6.45, 7) is 1.08. The maximum absolute atomic E-state index is 12.1. The normalized spacial score (nSPS) is 10.9. The van der Waals surface area contributed by atoms with E-state index in [0.29, 0.717) is 18.7 Å². The Balaban J connectivity index is 2.22. The molecule has 0 aliphatic carbocycles. The first kappa shape index (κ1) is 13.4. The first-order chi connectivity index (χ1) is 9.13. The van der Waals surface area contributed by atoms with Crippen LogP contribution in [0.2, 0.25) is 0 Å². The standard InChI is InChI=1S/C14H18N2O3/c1-15(2)8-9-19-14(17)12-10-16(18-3)13-7-5-4-6-11(12)13/h4-7,10H,8-9H2,1-3H3. The number of benzene rings is 1. The highest BCUT2D eigenvalue weighted by atomic mass is 16.6.